The number of hydrogen-bond donors (Lipinski definition) is 1. The molecular weight excluding hydrogens is 476 g/mol. The molecule has 2 aliphatic heterocycles. The fourth-order valence-electron chi connectivity index (χ4n) is 6.36. The first kappa shape index (κ1) is 26.5. The average molecular weight is 517 g/mol. The number of Topliss-reactive ketones (excluding diaryl/α,β-unsaturated/α-hetero) is 2. The summed E-state index contributed by atoms with van der Waals surface area (Å²) in [5.74, 6) is -0.920. The number of ketones is 2. The van der Waals surface area contributed by atoms with Crippen LogP contribution in [0.5, 0.6) is 5.75 Å². The van der Waals surface area contributed by atoms with Crippen molar-refractivity contribution >= 4 is 22.3 Å². The summed E-state index contributed by atoms with van der Waals surface area (Å²) in [6.45, 7) is 6.51. The van der Waals surface area contributed by atoms with Crippen LogP contribution < -0.4 is 4.74 Å². The van der Waals surface area contributed by atoms with Gasteiger partial charge in [-0.25, -0.2) is 0 Å². The molecular formula is C33H40O5. The Morgan fingerprint density at radius 2 is 1.53 bits per heavy atom. The number of carbonyl (C=O) groups excluding carboxylic acids is 2. The summed E-state index contributed by atoms with van der Waals surface area (Å²) in [6, 6.07) is 12.1. The van der Waals surface area contributed by atoms with Gasteiger partial charge in [0.25, 0.3) is 0 Å². The molecule has 1 N–H and O–H groups in total. The van der Waals surface area contributed by atoms with E-state index in [0.717, 1.165) is 41.3 Å². The first-order chi connectivity index (χ1) is 18.3. The molecule has 202 valence electrons. The van der Waals surface area contributed by atoms with E-state index in [1.807, 2.05) is 44.2 Å². The van der Waals surface area contributed by atoms with Crippen molar-refractivity contribution in [2.24, 2.45) is 5.92 Å². The standard InChI is InChI=1S/C33H40O5/c1-4-5-6-7-8-9-10-11-12-17-23-29(34)31(36)28-27-24-18-21-15-13-14-16-22(21)19-26(24)37-20-25(27)33(2,3)38-32(28)30(23)35/h13-16,18-19,25,27,34H,4-12,17,20H2,1-3H3. The summed E-state index contributed by atoms with van der Waals surface area (Å²) in [4.78, 5) is 27.4. The van der Waals surface area contributed by atoms with Gasteiger partial charge in [-0.3, -0.25) is 9.59 Å². The normalized spacial score (nSPS) is 22.1. The molecule has 0 radical (unpaired) electrons. The van der Waals surface area contributed by atoms with Crippen LogP contribution in [0, 0.1) is 5.92 Å². The monoisotopic (exact) mass is 516 g/mol. The van der Waals surface area contributed by atoms with Gasteiger partial charge < -0.3 is 14.6 Å². The maximum atomic E-state index is 13.7. The highest BCUT2D eigenvalue weighted by Gasteiger charge is 2.54. The summed E-state index contributed by atoms with van der Waals surface area (Å²) < 4.78 is 12.5. The number of benzene rings is 2. The second kappa shape index (κ2) is 11.0. The van der Waals surface area contributed by atoms with Gasteiger partial charge in [-0.05, 0) is 49.6 Å². The lowest BCUT2D eigenvalue weighted by atomic mass is 9.66. The van der Waals surface area contributed by atoms with Gasteiger partial charge >= 0.3 is 0 Å². The summed E-state index contributed by atoms with van der Waals surface area (Å²) in [6.07, 6.45) is 10.8. The fraction of sp³-hybridized carbons (Fsp3) is 0.515. The third-order valence-corrected chi connectivity index (χ3v) is 8.60. The Morgan fingerprint density at radius 1 is 0.895 bits per heavy atom. The summed E-state index contributed by atoms with van der Waals surface area (Å²) in [7, 11) is 0. The van der Waals surface area contributed by atoms with E-state index < -0.39 is 17.1 Å². The zero-order chi connectivity index (χ0) is 26.9. The van der Waals surface area contributed by atoms with Gasteiger partial charge in [0.05, 0.1) is 12.2 Å². The molecule has 0 saturated heterocycles. The minimum atomic E-state index is -0.710. The number of allylic oxidation sites excluding steroid dienone is 2. The van der Waals surface area contributed by atoms with Crippen LogP contribution in [0.2, 0.25) is 0 Å². The SMILES string of the molecule is CCCCCCCCCCCC1=C(O)C(=O)C2=C(OC(C)(C)C3COc4cc5ccccc5cc4C23)C1=O. The van der Waals surface area contributed by atoms with E-state index in [4.69, 9.17) is 9.47 Å². The molecule has 38 heavy (non-hydrogen) atoms. The molecule has 2 heterocycles. The topological polar surface area (TPSA) is 72.8 Å². The number of rotatable bonds is 10. The maximum absolute atomic E-state index is 13.7. The van der Waals surface area contributed by atoms with Gasteiger partial charge in [0.1, 0.15) is 11.4 Å². The van der Waals surface area contributed by atoms with Crippen LogP contribution >= 0.6 is 0 Å². The van der Waals surface area contributed by atoms with Crippen molar-refractivity contribution in [3.8, 4) is 5.75 Å². The number of hydrogen-bond acceptors (Lipinski definition) is 5. The number of aliphatic hydroxyl groups excluding tert-OH is 1. The number of ether oxygens (including phenoxy) is 2. The van der Waals surface area contributed by atoms with Crippen molar-refractivity contribution < 1.29 is 24.2 Å². The molecule has 2 aromatic rings. The Bertz CT molecular complexity index is 1300. The third-order valence-electron chi connectivity index (χ3n) is 8.60. The number of carbonyl (C=O) groups is 2. The Kier molecular flexibility index (Phi) is 7.65. The highest BCUT2D eigenvalue weighted by Crippen LogP contribution is 2.54. The maximum Gasteiger partial charge on any atom is 0.228 e. The number of fused-ring (bicyclic) bond motifs is 5. The molecule has 3 aliphatic rings. The highest BCUT2D eigenvalue weighted by molar-refractivity contribution is 6.24. The van der Waals surface area contributed by atoms with Crippen molar-refractivity contribution in [1.82, 2.24) is 0 Å². The second-order valence-electron chi connectivity index (χ2n) is 11.6. The van der Waals surface area contributed by atoms with Crippen LogP contribution in [0.25, 0.3) is 10.8 Å². The van der Waals surface area contributed by atoms with E-state index in [-0.39, 0.29) is 34.5 Å². The molecule has 5 heteroatoms. The van der Waals surface area contributed by atoms with E-state index in [1.54, 1.807) is 0 Å². The van der Waals surface area contributed by atoms with Gasteiger partial charge in [-0.15, -0.1) is 0 Å². The lowest BCUT2D eigenvalue weighted by Gasteiger charge is -2.48. The van der Waals surface area contributed by atoms with Gasteiger partial charge in [0.15, 0.2) is 11.5 Å². The molecule has 2 unspecified atom stereocenters. The van der Waals surface area contributed by atoms with Crippen LogP contribution in [-0.2, 0) is 14.3 Å². The Hall–Kier alpha value is -3.08. The zero-order valence-corrected chi connectivity index (χ0v) is 23.0. The molecule has 0 bridgehead atoms. The summed E-state index contributed by atoms with van der Waals surface area (Å²) in [5.41, 5.74) is 0.655. The van der Waals surface area contributed by atoms with Crippen molar-refractivity contribution in [2.75, 3.05) is 6.61 Å². The predicted octanol–water partition coefficient (Wildman–Crippen LogP) is 7.88. The zero-order valence-electron chi connectivity index (χ0n) is 23.0. The molecule has 1 aliphatic carbocycles. The molecule has 2 atom stereocenters. The van der Waals surface area contributed by atoms with E-state index in [2.05, 4.69) is 13.0 Å². The van der Waals surface area contributed by atoms with Gasteiger partial charge in [-0.1, -0.05) is 82.6 Å². The van der Waals surface area contributed by atoms with Crippen molar-refractivity contribution in [1.29, 1.82) is 0 Å². The molecule has 5 rings (SSSR count). The lowest BCUT2D eigenvalue weighted by Crippen LogP contribution is -2.50. The molecule has 0 aromatic heterocycles. The van der Waals surface area contributed by atoms with E-state index >= 15 is 0 Å². The Morgan fingerprint density at radius 3 is 2.21 bits per heavy atom. The smallest absolute Gasteiger partial charge is 0.228 e. The van der Waals surface area contributed by atoms with E-state index in [9.17, 15) is 14.7 Å². The van der Waals surface area contributed by atoms with E-state index in [0.29, 0.717) is 13.0 Å². The van der Waals surface area contributed by atoms with Crippen LogP contribution in [0.1, 0.15) is 96.5 Å². The van der Waals surface area contributed by atoms with Crippen molar-refractivity contribution in [3.05, 3.63) is 64.6 Å². The highest BCUT2D eigenvalue weighted by atomic mass is 16.5. The van der Waals surface area contributed by atoms with Crippen LogP contribution in [0.4, 0.5) is 0 Å². The van der Waals surface area contributed by atoms with Gasteiger partial charge in [-0.2, -0.15) is 0 Å². The molecule has 0 amide bonds. The fourth-order valence-corrected chi connectivity index (χ4v) is 6.36. The molecule has 5 nitrogen and oxygen atoms in total. The minimum absolute atomic E-state index is 0.117. The quantitative estimate of drug-likeness (QED) is 0.257. The van der Waals surface area contributed by atoms with Crippen LogP contribution in [-0.4, -0.2) is 28.9 Å². The van der Waals surface area contributed by atoms with Crippen LogP contribution in [0.3, 0.4) is 0 Å². The first-order valence-electron chi connectivity index (χ1n) is 14.4. The Labute approximate surface area is 225 Å². The van der Waals surface area contributed by atoms with Gasteiger partial charge in [0.2, 0.25) is 11.6 Å². The molecule has 0 spiro atoms. The molecule has 0 fully saturated rings. The minimum Gasteiger partial charge on any atom is -0.504 e. The van der Waals surface area contributed by atoms with Crippen LogP contribution in [0.15, 0.2) is 59.1 Å². The van der Waals surface area contributed by atoms with Crippen molar-refractivity contribution in [3.63, 3.8) is 0 Å². The molecule has 0 saturated carbocycles. The predicted molar refractivity (Wildman–Crippen MR) is 149 cm³/mol. The molecule has 2 aromatic carbocycles. The van der Waals surface area contributed by atoms with Gasteiger partial charge in [0, 0.05) is 23.0 Å². The Balaban J connectivity index is 1.37. The third kappa shape index (κ3) is 4.88. The summed E-state index contributed by atoms with van der Waals surface area (Å²) in [5, 5.41) is 13.1. The summed E-state index contributed by atoms with van der Waals surface area (Å²) >= 11 is 0. The first-order valence-corrected chi connectivity index (χ1v) is 14.4. The van der Waals surface area contributed by atoms with E-state index in [1.165, 1.54) is 38.5 Å². The number of aliphatic hydroxyl groups is 1. The van der Waals surface area contributed by atoms with Crippen molar-refractivity contribution in [2.45, 2.75) is 96.5 Å². The average Bonchev–Trinajstić information content (AvgIpc) is 2.91. The largest absolute Gasteiger partial charge is 0.504 e. The number of unbranched alkanes of at least 4 members (excludes halogenated alkanes) is 8. The lowest BCUT2D eigenvalue weighted by molar-refractivity contribution is -0.130. The second-order valence-corrected chi connectivity index (χ2v) is 11.6.